The summed E-state index contributed by atoms with van der Waals surface area (Å²) in [6, 6.07) is 8.88. The number of thiophene rings is 1. The highest BCUT2D eigenvalue weighted by molar-refractivity contribution is 7.59. The highest BCUT2D eigenvalue weighted by atomic mass is 32.1. The van der Waals surface area contributed by atoms with Crippen molar-refractivity contribution in [1.82, 2.24) is 20.2 Å². The Morgan fingerprint density at radius 2 is 2.15 bits per heavy atom. The summed E-state index contributed by atoms with van der Waals surface area (Å²) in [5.41, 5.74) is 1.16. The van der Waals surface area contributed by atoms with Crippen molar-refractivity contribution >= 4 is 36.6 Å². The Bertz CT molecular complexity index is 1070. The van der Waals surface area contributed by atoms with E-state index in [0.717, 1.165) is 17.8 Å². The molecule has 1 atom stereocenters. The lowest BCUT2D eigenvalue weighted by atomic mass is 10.1. The number of hydrogen-bond acceptors (Lipinski definition) is 7. The molecule has 4 rings (SSSR count). The van der Waals surface area contributed by atoms with E-state index in [0.29, 0.717) is 36.6 Å². The molecule has 1 aliphatic rings. The minimum absolute atomic E-state index is 0. The minimum atomic E-state index is -0.434. The summed E-state index contributed by atoms with van der Waals surface area (Å²) in [5.74, 6) is 0.236. The smallest absolute Gasteiger partial charge is 0.259 e. The zero-order chi connectivity index (χ0) is 22.5. The van der Waals surface area contributed by atoms with E-state index in [1.54, 1.807) is 22.3 Å². The van der Waals surface area contributed by atoms with Crippen molar-refractivity contribution in [2.45, 2.75) is 19.1 Å². The van der Waals surface area contributed by atoms with Crippen LogP contribution in [0.2, 0.25) is 0 Å². The Labute approximate surface area is 204 Å². The molecule has 0 radical (unpaired) electrons. The first-order valence-electron chi connectivity index (χ1n) is 10.5. The van der Waals surface area contributed by atoms with Crippen LogP contribution in [0.3, 0.4) is 0 Å². The minimum Gasteiger partial charge on any atom is -0.482 e. The van der Waals surface area contributed by atoms with Crippen LogP contribution in [-0.4, -0.2) is 54.5 Å². The van der Waals surface area contributed by atoms with Crippen molar-refractivity contribution in [2.75, 3.05) is 38.6 Å². The predicted molar refractivity (Wildman–Crippen MR) is 133 cm³/mol. The number of benzene rings is 1. The van der Waals surface area contributed by atoms with E-state index in [9.17, 15) is 9.18 Å². The van der Waals surface area contributed by atoms with Crippen molar-refractivity contribution in [3.63, 3.8) is 0 Å². The molecule has 0 saturated carbocycles. The summed E-state index contributed by atoms with van der Waals surface area (Å²) in [7, 11) is 3.78. The standard InChI is InChI=1S/C23H26FN5O2S.H2S/c1-25-8-7-20(21-4-3-11-32-21)31-19-6-5-16(12-18(19)24)14-29-10-9-28(2)22-17(23(29)30)13-26-15-27-22;/h3-6,11-13,15,20,25H,7-10,14H2,1-2H3;1H2/t20-;/m0./s1. The van der Waals surface area contributed by atoms with Crippen LogP contribution in [0.1, 0.15) is 33.3 Å². The highest BCUT2D eigenvalue weighted by Gasteiger charge is 2.26. The molecule has 1 N–H and O–H groups in total. The van der Waals surface area contributed by atoms with Gasteiger partial charge < -0.3 is 19.9 Å². The van der Waals surface area contributed by atoms with Crippen LogP contribution >= 0.6 is 24.8 Å². The SMILES string of the molecule is CNCC[C@H](Oc1ccc(CN2CCN(C)c3ncncc3C2=O)cc1F)c1cccs1.S. The molecule has 1 aromatic carbocycles. The Morgan fingerprint density at radius 3 is 2.88 bits per heavy atom. The Morgan fingerprint density at radius 1 is 1.30 bits per heavy atom. The molecule has 176 valence electrons. The molecule has 0 fully saturated rings. The molecule has 1 amide bonds. The fraction of sp³-hybridized carbons (Fsp3) is 0.348. The van der Waals surface area contributed by atoms with Crippen LogP contribution in [0.4, 0.5) is 10.2 Å². The second kappa shape index (κ2) is 11.4. The topological polar surface area (TPSA) is 70.6 Å². The van der Waals surface area contributed by atoms with E-state index in [2.05, 4.69) is 15.3 Å². The second-order valence-electron chi connectivity index (χ2n) is 7.69. The van der Waals surface area contributed by atoms with Gasteiger partial charge in [-0.1, -0.05) is 12.1 Å². The maximum absolute atomic E-state index is 14.9. The zero-order valence-electron chi connectivity index (χ0n) is 18.6. The van der Waals surface area contributed by atoms with Gasteiger partial charge in [-0.25, -0.2) is 14.4 Å². The number of halogens is 1. The number of carbonyl (C=O) groups is 1. The Hall–Kier alpha value is -2.69. The first-order chi connectivity index (χ1) is 15.6. The Kier molecular flexibility index (Phi) is 8.65. The summed E-state index contributed by atoms with van der Waals surface area (Å²) in [5, 5.41) is 5.11. The third-order valence-corrected chi connectivity index (χ3v) is 6.40. The van der Waals surface area contributed by atoms with E-state index >= 15 is 0 Å². The van der Waals surface area contributed by atoms with Gasteiger partial charge in [0, 0.05) is 44.2 Å². The van der Waals surface area contributed by atoms with Crippen molar-refractivity contribution in [3.8, 4) is 5.75 Å². The van der Waals surface area contributed by atoms with Crippen molar-refractivity contribution in [3.05, 3.63) is 70.1 Å². The number of aromatic nitrogens is 2. The molecule has 7 nitrogen and oxygen atoms in total. The number of ether oxygens (including phenoxy) is 1. The molecular weight excluding hydrogens is 461 g/mol. The number of nitrogens with one attached hydrogen (secondary N) is 1. The highest BCUT2D eigenvalue weighted by Crippen LogP contribution is 2.30. The third kappa shape index (κ3) is 5.82. The van der Waals surface area contributed by atoms with Gasteiger partial charge in [-0.2, -0.15) is 13.5 Å². The zero-order valence-corrected chi connectivity index (χ0v) is 20.4. The molecule has 0 saturated heterocycles. The molecule has 10 heteroatoms. The van der Waals surface area contributed by atoms with Crippen molar-refractivity contribution in [2.24, 2.45) is 0 Å². The van der Waals surface area contributed by atoms with Gasteiger partial charge in [-0.3, -0.25) is 4.79 Å². The van der Waals surface area contributed by atoms with Crippen molar-refractivity contribution in [1.29, 1.82) is 0 Å². The number of hydrogen-bond donors (Lipinski definition) is 1. The fourth-order valence-corrected chi connectivity index (χ4v) is 4.49. The number of carbonyl (C=O) groups excluding carboxylic acids is 1. The maximum Gasteiger partial charge on any atom is 0.259 e. The average Bonchev–Trinajstić information content (AvgIpc) is 3.31. The summed E-state index contributed by atoms with van der Waals surface area (Å²) in [6.45, 7) is 2.20. The van der Waals surface area contributed by atoms with Gasteiger partial charge in [0.25, 0.3) is 5.91 Å². The van der Waals surface area contributed by atoms with Crippen LogP contribution < -0.4 is 15.0 Å². The summed E-state index contributed by atoms with van der Waals surface area (Å²) in [4.78, 5) is 25.9. The van der Waals surface area contributed by atoms with Gasteiger partial charge in [0.05, 0.1) is 0 Å². The lowest BCUT2D eigenvalue weighted by Crippen LogP contribution is -2.33. The van der Waals surface area contributed by atoms with Gasteiger partial charge >= 0.3 is 0 Å². The van der Waals surface area contributed by atoms with Gasteiger partial charge in [0.2, 0.25) is 0 Å². The normalized spacial score (nSPS) is 14.3. The monoisotopic (exact) mass is 489 g/mol. The molecule has 0 bridgehead atoms. The van der Waals surface area contributed by atoms with E-state index in [-0.39, 0.29) is 31.3 Å². The molecule has 3 heterocycles. The van der Waals surface area contributed by atoms with Crippen LogP contribution in [0.25, 0.3) is 0 Å². The van der Waals surface area contributed by atoms with E-state index in [1.807, 2.05) is 42.6 Å². The van der Waals surface area contributed by atoms with Gasteiger partial charge in [-0.05, 0) is 42.7 Å². The third-order valence-electron chi connectivity index (χ3n) is 5.43. The number of amides is 1. The average molecular weight is 490 g/mol. The number of likely N-dealkylation sites (N-methyl/N-ethyl adjacent to an activating group) is 1. The molecule has 0 aliphatic carbocycles. The first kappa shape index (κ1) is 24.9. The van der Waals surface area contributed by atoms with E-state index in [4.69, 9.17) is 4.74 Å². The van der Waals surface area contributed by atoms with Gasteiger partial charge in [0.15, 0.2) is 11.6 Å². The van der Waals surface area contributed by atoms with Crippen LogP contribution in [0.5, 0.6) is 5.75 Å². The number of anilines is 1. The molecule has 1 aliphatic heterocycles. The lowest BCUT2D eigenvalue weighted by molar-refractivity contribution is 0.0754. The number of nitrogens with zero attached hydrogens (tertiary/aromatic N) is 4. The molecule has 3 aromatic rings. The van der Waals surface area contributed by atoms with Crippen LogP contribution in [0.15, 0.2) is 48.2 Å². The van der Waals surface area contributed by atoms with Crippen LogP contribution in [0, 0.1) is 5.82 Å². The predicted octanol–water partition coefficient (Wildman–Crippen LogP) is 3.61. The molecule has 0 spiro atoms. The quantitative estimate of drug-likeness (QED) is 0.521. The van der Waals surface area contributed by atoms with Crippen molar-refractivity contribution < 1.29 is 13.9 Å². The summed E-state index contributed by atoms with van der Waals surface area (Å²) in [6.07, 6.45) is 3.48. The maximum atomic E-state index is 14.9. The first-order valence-corrected chi connectivity index (χ1v) is 11.4. The number of rotatable bonds is 8. The van der Waals surface area contributed by atoms with E-state index in [1.165, 1.54) is 18.6 Å². The second-order valence-corrected chi connectivity index (χ2v) is 8.67. The molecular formula is C23H28FN5O2S2. The number of fused-ring (bicyclic) bond motifs is 1. The summed E-state index contributed by atoms with van der Waals surface area (Å²) >= 11 is 1.60. The Balaban J connectivity index is 0.00000306. The van der Waals surface area contributed by atoms with Gasteiger partial charge in [-0.15, -0.1) is 11.3 Å². The summed E-state index contributed by atoms with van der Waals surface area (Å²) < 4.78 is 21.0. The molecule has 33 heavy (non-hydrogen) atoms. The lowest BCUT2D eigenvalue weighted by Gasteiger charge is -2.22. The van der Waals surface area contributed by atoms with Gasteiger partial charge in [0.1, 0.15) is 23.8 Å². The largest absolute Gasteiger partial charge is 0.482 e. The molecule has 0 unspecified atom stereocenters. The fourth-order valence-electron chi connectivity index (χ4n) is 3.70. The van der Waals surface area contributed by atoms with Crippen LogP contribution in [-0.2, 0) is 6.54 Å². The molecule has 2 aromatic heterocycles. The van der Waals surface area contributed by atoms with E-state index < -0.39 is 5.82 Å².